The first-order valence-electron chi connectivity index (χ1n) is 15.1. The Balaban J connectivity index is 0.000000426. The Morgan fingerprint density at radius 1 is 0.911 bits per heavy atom. The predicted molar refractivity (Wildman–Crippen MR) is 158 cm³/mol. The largest absolute Gasteiger partial charge is 0.463 e. The van der Waals surface area contributed by atoms with Crippen molar-refractivity contribution in [2.75, 3.05) is 19.1 Å². The number of rotatable bonds is 8. The maximum atomic E-state index is 12.6. The molecule has 0 amide bonds. The number of ether oxygens (including phenoxy) is 3. The van der Waals surface area contributed by atoms with Gasteiger partial charge in [0.1, 0.15) is 5.60 Å². The van der Waals surface area contributed by atoms with Crippen LogP contribution in [0, 0.1) is 28.6 Å². The van der Waals surface area contributed by atoms with E-state index in [1.165, 1.54) is 0 Å². The van der Waals surface area contributed by atoms with Crippen molar-refractivity contribution < 1.29 is 60.0 Å². The van der Waals surface area contributed by atoms with Crippen molar-refractivity contribution in [2.45, 2.75) is 129 Å². The normalized spacial score (nSPS) is 24.8. The minimum atomic E-state index is -5.67. The molecule has 0 aromatic heterocycles. The van der Waals surface area contributed by atoms with Gasteiger partial charge in [-0.15, -0.1) is 0 Å². The molecule has 3 rings (SSSR count). The summed E-state index contributed by atoms with van der Waals surface area (Å²) in [4.78, 5) is 36.5. The quantitative estimate of drug-likeness (QED) is 0.159. The van der Waals surface area contributed by atoms with Crippen molar-refractivity contribution in [3.63, 3.8) is 0 Å². The zero-order valence-corrected chi connectivity index (χ0v) is 28.6. The van der Waals surface area contributed by atoms with Gasteiger partial charge in [-0.2, -0.15) is 38.1 Å². The van der Waals surface area contributed by atoms with Crippen LogP contribution in [-0.4, -0.2) is 71.8 Å². The predicted octanol–water partition coefficient (Wildman–Crippen LogP) is 7.67. The molecule has 0 aromatic carbocycles. The molecule has 5 atom stereocenters. The summed E-state index contributed by atoms with van der Waals surface area (Å²) in [6.45, 7) is 12.8. The lowest BCUT2D eigenvalue weighted by Gasteiger charge is -2.36. The van der Waals surface area contributed by atoms with Gasteiger partial charge in [-0.3, -0.25) is 9.59 Å². The molecule has 1 saturated heterocycles. The summed E-state index contributed by atoms with van der Waals surface area (Å²) >= 11 is 1.75. The molecule has 45 heavy (non-hydrogen) atoms. The minimum absolute atomic E-state index is 0.0915. The Labute approximate surface area is 266 Å². The van der Waals surface area contributed by atoms with Gasteiger partial charge in [0.2, 0.25) is 6.10 Å². The standard InChI is InChI=1S/C18H30O6.C11H14F6O.C2H6S/c1-8-18(7,15(21)23-12-9-10-22-13(12)19)11-17(5,6)14(20)24-16(2,3)4;12-10(13,14)9(18,11(15,16)17)5-8-4-6-1-2-7(8)3-6;1-3-2/h12H,8-11H2,1-7H3;6-8,18H,1-5H2;1-2H3. The summed E-state index contributed by atoms with van der Waals surface area (Å²) < 4.78 is 90.8. The van der Waals surface area contributed by atoms with E-state index in [1.807, 2.05) is 19.4 Å². The zero-order chi connectivity index (χ0) is 35.2. The summed E-state index contributed by atoms with van der Waals surface area (Å²) in [7, 11) is 0. The molecule has 0 radical (unpaired) electrons. The highest BCUT2D eigenvalue weighted by Crippen LogP contribution is 2.55. The third kappa shape index (κ3) is 11.2. The smallest absolute Gasteiger partial charge is 0.426 e. The van der Waals surface area contributed by atoms with Crippen LogP contribution in [-0.2, 0) is 28.6 Å². The van der Waals surface area contributed by atoms with E-state index in [1.54, 1.807) is 53.3 Å². The van der Waals surface area contributed by atoms with Crippen LogP contribution >= 0.6 is 11.8 Å². The number of thioether (sulfide) groups is 1. The molecule has 7 nitrogen and oxygen atoms in total. The second-order valence-electron chi connectivity index (χ2n) is 14.2. The lowest BCUT2D eigenvalue weighted by Crippen LogP contribution is -2.58. The van der Waals surface area contributed by atoms with Crippen molar-refractivity contribution >= 4 is 29.7 Å². The van der Waals surface area contributed by atoms with Gasteiger partial charge in [0.05, 0.1) is 17.4 Å². The zero-order valence-electron chi connectivity index (χ0n) is 27.7. The molecule has 1 N–H and O–H groups in total. The van der Waals surface area contributed by atoms with Crippen LogP contribution in [0.1, 0.15) is 99.8 Å². The van der Waals surface area contributed by atoms with Crippen molar-refractivity contribution in [1.29, 1.82) is 0 Å². The fourth-order valence-corrected chi connectivity index (χ4v) is 6.06. The van der Waals surface area contributed by atoms with Crippen LogP contribution in [0.5, 0.6) is 0 Å². The number of aliphatic hydroxyl groups is 1. The molecule has 264 valence electrons. The first-order valence-corrected chi connectivity index (χ1v) is 16.8. The van der Waals surface area contributed by atoms with Crippen LogP contribution in [0.15, 0.2) is 0 Å². The number of halogens is 6. The molecule has 3 fully saturated rings. The van der Waals surface area contributed by atoms with E-state index in [2.05, 4.69) is 0 Å². The van der Waals surface area contributed by atoms with Crippen molar-refractivity contribution in [2.24, 2.45) is 28.6 Å². The Bertz CT molecular complexity index is 994. The molecule has 0 aromatic rings. The van der Waals surface area contributed by atoms with Crippen LogP contribution in [0.25, 0.3) is 0 Å². The van der Waals surface area contributed by atoms with Gasteiger partial charge in [0.25, 0.3) is 5.60 Å². The van der Waals surface area contributed by atoms with E-state index in [0.717, 1.165) is 6.42 Å². The lowest BCUT2D eigenvalue weighted by molar-refractivity contribution is -0.373. The number of esters is 3. The Hall–Kier alpha value is -1.70. The maximum Gasteiger partial charge on any atom is 0.426 e. The molecule has 2 saturated carbocycles. The molecule has 5 unspecified atom stereocenters. The van der Waals surface area contributed by atoms with E-state index >= 15 is 0 Å². The van der Waals surface area contributed by atoms with E-state index in [0.29, 0.717) is 32.1 Å². The maximum absolute atomic E-state index is 12.6. The van der Waals surface area contributed by atoms with Crippen LogP contribution in [0.3, 0.4) is 0 Å². The van der Waals surface area contributed by atoms with E-state index < -0.39 is 64.8 Å². The molecule has 3 aliphatic rings. The molecular formula is C31H50F6O7S. The van der Waals surface area contributed by atoms with Gasteiger partial charge >= 0.3 is 30.3 Å². The summed E-state index contributed by atoms with van der Waals surface area (Å²) in [6.07, 6.45) is -5.57. The first-order chi connectivity index (χ1) is 20.3. The molecule has 0 spiro atoms. The SMILES string of the molecule is CCC(C)(CC(C)(C)C(=O)OC(C)(C)C)C(=O)OC1CCOC1=O.CSC.OC(CC1CC2CCC1C2)(C(F)(F)F)C(F)(F)F. The average Bonchev–Trinajstić information content (AvgIpc) is 3.60. The van der Waals surface area contributed by atoms with Gasteiger partial charge in [-0.05, 0) is 110 Å². The number of fused-ring (bicyclic) bond motifs is 2. The lowest BCUT2D eigenvalue weighted by atomic mass is 9.72. The fraction of sp³-hybridized carbons (Fsp3) is 0.903. The number of alkyl halides is 6. The van der Waals surface area contributed by atoms with Crippen molar-refractivity contribution in [3.05, 3.63) is 0 Å². The monoisotopic (exact) mass is 680 g/mol. The van der Waals surface area contributed by atoms with Crippen molar-refractivity contribution in [1.82, 2.24) is 0 Å². The summed E-state index contributed by atoms with van der Waals surface area (Å²) in [6, 6.07) is 0. The van der Waals surface area contributed by atoms with Gasteiger partial charge in [0.15, 0.2) is 0 Å². The topological polar surface area (TPSA) is 99.1 Å². The number of hydrogen-bond donors (Lipinski definition) is 1. The molecule has 2 bridgehead atoms. The molecule has 14 heteroatoms. The summed E-state index contributed by atoms with van der Waals surface area (Å²) in [5, 5.41) is 9.12. The van der Waals surface area contributed by atoms with Gasteiger partial charge in [-0.1, -0.05) is 13.3 Å². The summed E-state index contributed by atoms with van der Waals surface area (Å²) in [5.74, 6) is -1.87. The Morgan fingerprint density at radius 3 is 1.80 bits per heavy atom. The molecule has 2 aliphatic carbocycles. The number of carbonyl (C=O) groups excluding carboxylic acids is 3. The number of cyclic esters (lactones) is 1. The highest BCUT2D eigenvalue weighted by Gasteiger charge is 2.71. The highest BCUT2D eigenvalue weighted by atomic mass is 32.2. The van der Waals surface area contributed by atoms with Crippen molar-refractivity contribution in [3.8, 4) is 0 Å². The second kappa shape index (κ2) is 15.5. The average molecular weight is 681 g/mol. The van der Waals surface area contributed by atoms with Crippen LogP contribution < -0.4 is 0 Å². The Kier molecular flexibility index (Phi) is 14.2. The van der Waals surface area contributed by atoms with Crippen LogP contribution in [0.2, 0.25) is 0 Å². The van der Waals surface area contributed by atoms with E-state index in [9.17, 15) is 40.7 Å². The number of hydrogen-bond acceptors (Lipinski definition) is 8. The third-order valence-electron chi connectivity index (χ3n) is 8.57. The summed E-state index contributed by atoms with van der Waals surface area (Å²) in [5.41, 5.74) is -6.89. The highest BCUT2D eigenvalue weighted by molar-refractivity contribution is 7.97. The van der Waals surface area contributed by atoms with Gasteiger partial charge in [-0.25, -0.2) is 4.79 Å². The number of carbonyl (C=O) groups is 3. The first kappa shape index (κ1) is 41.3. The van der Waals surface area contributed by atoms with E-state index in [-0.39, 0.29) is 30.8 Å². The second-order valence-corrected chi connectivity index (χ2v) is 15.0. The van der Waals surface area contributed by atoms with Gasteiger partial charge < -0.3 is 19.3 Å². The fourth-order valence-electron chi connectivity index (χ4n) is 6.06. The molecular weight excluding hydrogens is 630 g/mol. The molecule has 1 aliphatic heterocycles. The van der Waals surface area contributed by atoms with E-state index in [4.69, 9.17) is 19.3 Å². The minimum Gasteiger partial charge on any atom is -0.463 e. The third-order valence-corrected chi connectivity index (χ3v) is 8.57. The van der Waals surface area contributed by atoms with Gasteiger partial charge in [0, 0.05) is 6.42 Å². The Morgan fingerprint density at radius 2 is 1.44 bits per heavy atom. The van der Waals surface area contributed by atoms with Crippen LogP contribution in [0.4, 0.5) is 26.3 Å². The molecule has 1 heterocycles.